The Morgan fingerprint density at radius 1 is 0.905 bits per heavy atom. The summed E-state index contributed by atoms with van der Waals surface area (Å²) in [6.45, 7) is 1.25. The number of hydrogen-bond donors (Lipinski definition) is 1. The van der Waals surface area contributed by atoms with E-state index in [1.54, 1.807) is 0 Å². The Morgan fingerprint density at radius 2 is 1.43 bits per heavy atom. The number of benzene rings is 1. The second kappa shape index (κ2) is 9.87. The number of ether oxygens (including phenoxy) is 3. The van der Waals surface area contributed by atoms with Gasteiger partial charge >= 0.3 is 5.97 Å². The Bertz CT molecular complexity index is 441. The van der Waals surface area contributed by atoms with E-state index in [1.165, 1.54) is 24.3 Å². The number of carbonyl (C=O) groups excluding carboxylic acids is 2. The minimum atomic E-state index is -1.30. The molecule has 0 aliphatic rings. The topological polar surface area (TPSA) is 105 Å². The molecule has 1 aromatic rings. The van der Waals surface area contributed by atoms with Crippen molar-refractivity contribution in [3.63, 3.8) is 0 Å². The summed E-state index contributed by atoms with van der Waals surface area (Å²) in [5, 5.41) is 19.0. The molecule has 116 valence electrons. The van der Waals surface area contributed by atoms with Gasteiger partial charge in [-0.2, -0.15) is 0 Å². The molecular formula is C14H17O7-. The maximum absolute atomic E-state index is 11.6. The summed E-state index contributed by atoms with van der Waals surface area (Å²) in [6, 6.07) is 5.27. The SMILES string of the molecule is O=C([O-])c1ccc(C(=O)OCCOCCOCCO)cc1. The predicted octanol–water partition coefficient (Wildman–Crippen LogP) is -0.768. The second-order valence-electron chi connectivity index (χ2n) is 3.95. The number of esters is 1. The Balaban J connectivity index is 2.17. The molecule has 0 amide bonds. The van der Waals surface area contributed by atoms with Crippen molar-refractivity contribution in [2.75, 3.05) is 39.6 Å². The normalized spacial score (nSPS) is 10.3. The first-order valence-electron chi connectivity index (χ1n) is 6.40. The number of carboxylic acid groups (broad SMARTS) is 1. The van der Waals surface area contributed by atoms with E-state index in [0.717, 1.165) is 0 Å². The molecule has 0 bridgehead atoms. The lowest BCUT2D eigenvalue weighted by Crippen LogP contribution is -2.22. The molecule has 0 saturated carbocycles. The Hall–Kier alpha value is -1.96. The molecule has 0 heterocycles. The molecule has 0 fully saturated rings. The zero-order valence-electron chi connectivity index (χ0n) is 11.4. The standard InChI is InChI=1S/C14H18O7/c15-5-6-19-7-8-20-9-10-21-14(18)12-3-1-11(2-4-12)13(16)17/h1-4,15H,5-10H2,(H,16,17)/p-1. The molecule has 0 spiro atoms. The molecule has 1 rings (SSSR count). The molecule has 7 heteroatoms. The van der Waals surface area contributed by atoms with Gasteiger partial charge in [0, 0.05) is 0 Å². The summed E-state index contributed by atoms with van der Waals surface area (Å²) in [6.07, 6.45) is 0. The smallest absolute Gasteiger partial charge is 0.338 e. The lowest BCUT2D eigenvalue weighted by Gasteiger charge is -2.07. The lowest BCUT2D eigenvalue weighted by atomic mass is 10.1. The van der Waals surface area contributed by atoms with E-state index in [4.69, 9.17) is 19.3 Å². The van der Waals surface area contributed by atoms with Gasteiger partial charge in [-0.25, -0.2) is 4.79 Å². The van der Waals surface area contributed by atoms with E-state index in [2.05, 4.69) is 0 Å². The fraction of sp³-hybridized carbons (Fsp3) is 0.429. The Labute approximate surface area is 122 Å². The zero-order valence-corrected chi connectivity index (χ0v) is 11.4. The van der Waals surface area contributed by atoms with Gasteiger partial charge in [-0.05, 0) is 17.7 Å². The average molecular weight is 297 g/mol. The number of aliphatic hydroxyl groups is 1. The van der Waals surface area contributed by atoms with Crippen LogP contribution >= 0.6 is 0 Å². The number of hydrogen-bond acceptors (Lipinski definition) is 7. The van der Waals surface area contributed by atoms with E-state index >= 15 is 0 Å². The summed E-state index contributed by atoms with van der Waals surface area (Å²) in [7, 11) is 0. The van der Waals surface area contributed by atoms with Crippen molar-refractivity contribution < 1.29 is 34.0 Å². The first kappa shape index (κ1) is 17.1. The highest BCUT2D eigenvalue weighted by Gasteiger charge is 2.06. The van der Waals surface area contributed by atoms with Gasteiger partial charge in [0.05, 0.1) is 44.6 Å². The van der Waals surface area contributed by atoms with Crippen LogP contribution in [0.5, 0.6) is 0 Å². The third kappa shape index (κ3) is 6.84. The quantitative estimate of drug-likeness (QED) is 0.446. The van der Waals surface area contributed by atoms with Gasteiger partial charge in [0.2, 0.25) is 0 Å². The maximum atomic E-state index is 11.6. The van der Waals surface area contributed by atoms with E-state index in [-0.39, 0.29) is 37.6 Å². The van der Waals surface area contributed by atoms with Crippen LogP contribution < -0.4 is 5.11 Å². The third-order valence-corrected chi connectivity index (χ3v) is 2.42. The number of aromatic carboxylic acids is 1. The van der Waals surface area contributed by atoms with Crippen molar-refractivity contribution in [3.05, 3.63) is 35.4 Å². The van der Waals surface area contributed by atoms with Gasteiger partial charge in [-0.3, -0.25) is 0 Å². The first-order valence-corrected chi connectivity index (χ1v) is 6.40. The molecule has 0 unspecified atom stereocenters. The highest BCUT2D eigenvalue weighted by atomic mass is 16.6. The minimum absolute atomic E-state index is 0.00207. The molecule has 1 N–H and O–H groups in total. The summed E-state index contributed by atoms with van der Waals surface area (Å²) in [5.41, 5.74) is 0.254. The van der Waals surface area contributed by atoms with Crippen LogP contribution in [0.1, 0.15) is 20.7 Å². The van der Waals surface area contributed by atoms with E-state index in [1.807, 2.05) is 0 Å². The first-order chi connectivity index (χ1) is 10.1. The average Bonchev–Trinajstić information content (AvgIpc) is 2.49. The molecule has 1 aromatic carbocycles. The van der Waals surface area contributed by atoms with Crippen LogP contribution in [-0.2, 0) is 14.2 Å². The van der Waals surface area contributed by atoms with E-state index < -0.39 is 11.9 Å². The minimum Gasteiger partial charge on any atom is -0.545 e. The second-order valence-corrected chi connectivity index (χ2v) is 3.95. The molecule has 0 radical (unpaired) electrons. The molecule has 0 aliphatic carbocycles. The van der Waals surface area contributed by atoms with Crippen LogP contribution in [0.25, 0.3) is 0 Å². The van der Waals surface area contributed by atoms with Gasteiger partial charge < -0.3 is 29.2 Å². The van der Waals surface area contributed by atoms with Crippen LogP contribution in [0.4, 0.5) is 0 Å². The molecule has 7 nitrogen and oxygen atoms in total. The van der Waals surface area contributed by atoms with Gasteiger partial charge in [-0.1, -0.05) is 12.1 Å². The van der Waals surface area contributed by atoms with E-state index in [9.17, 15) is 14.7 Å². The number of aliphatic hydroxyl groups excluding tert-OH is 1. The summed E-state index contributed by atoms with van der Waals surface area (Å²) in [4.78, 5) is 22.2. The molecule has 0 atom stereocenters. The fourth-order valence-corrected chi connectivity index (χ4v) is 1.41. The summed E-state index contributed by atoms with van der Waals surface area (Å²) in [5.74, 6) is -1.85. The van der Waals surface area contributed by atoms with Gasteiger partial charge in [0.15, 0.2) is 0 Å². The zero-order chi connectivity index (χ0) is 15.5. The van der Waals surface area contributed by atoms with Gasteiger partial charge in [0.25, 0.3) is 0 Å². The fourth-order valence-electron chi connectivity index (χ4n) is 1.41. The molecule has 0 aliphatic heterocycles. The number of carbonyl (C=O) groups is 2. The number of carboxylic acids is 1. The Kier molecular flexibility index (Phi) is 8.03. The predicted molar refractivity (Wildman–Crippen MR) is 69.8 cm³/mol. The van der Waals surface area contributed by atoms with Crippen LogP contribution in [-0.4, -0.2) is 56.7 Å². The third-order valence-electron chi connectivity index (χ3n) is 2.42. The molecule has 0 saturated heterocycles. The van der Waals surface area contributed by atoms with Crippen LogP contribution in [0.2, 0.25) is 0 Å². The van der Waals surface area contributed by atoms with Crippen molar-refractivity contribution in [3.8, 4) is 0 Å². The van der Waals surface area contributed by atoms with Crippen LogP contribution in [0, 0.1) is 0 Å². The van der Waals surface area contributed by atoms with Crippen LogP contribution in [0.3, 0.4) is 0 Å². The monoisotopic (exact) mass is 297 g/mol. The van der Waals surface area contributed by atoms with Gasteiger partial charge in [-0.15, -0.1) is 0 Å². The van der Waals surface area contributed by atoms with Crippen molar-refractivity contribution >= 4 is 11.9 Å². The Morgan fingerprint density at radius 3 is 2.00 bits per heavy atom. The number of rotatable bonds is 10. The highest BCUT2D eigenvalue weighted by Crippen LogP contribution is 2.05. The summed E-state index contributed by atoms with van der Waals surface area (Å²) >= 11 is 0. The molecular weight excluding hydrogens is 280 g/mol. The molecule has 0 aromatic heterocycles. The van der Waals surface area contributed by atoms with Gasteiger partial charge in [0.1, 0.15) is 6.61 Å². The lowest BCUT2D eigenvalue weighted by molar-refractivity contribution is -0.255. The van der Waals surface area contributed by atoms with Crippen molar-refractivity contribution in [2.45, 2.75) is 0 Å². The largest absolute Gasteiger partial charge is 0.545 e. The summed E-state index contributed by atoms with van der Waals surface area (Å²) < 4.78 is 15.1. The van der Waals surface area contributed by atoms with Crippen molar-refractivity contribution in [1.82, 2.24) is 0 Å². The van der Waals surface area contributed by atoms with Crippen LogP contribution in [0.15, 0.2) is 24.3 Å². The highest BCUT2D eigenvalue weighted by molar-refractivity contribution is 5.91. The maximum Gasteiger partial charge on any atom is 0.338 e. The van der Waals surface area contributed by atoms with E-state index in [0.29, 0.717) is 13.2 Å². The molecule has 21 heavy (non-hydrogen) atoms. The van der Waals surface area contributed by atoms with Crippen molar-refractivity contribution in [1.29, 1.82) is 0 Å². The van der Waals surface area contributed by atoms with Crippen molar-refractivity contribution in [2.24, 2.45) is 0 Å².